The molecule has 2 unspecified atom stereocenters. The number of carbonyl (C=O) groups excluding carboxylic acids is 1. The highest BCUT2D eigenvalue weighted by atomic mass is 19.1. The van der Waals surface area contributed by atoms with Gasteiger partial charge < -0.3 is 15.5 Å². The fraction of sp³-hybridized carbons (Fsp3) is 0.417. The van der Waals surface area contributed by atoms with Crippen molar-refractivity contribution in [2.75, 3.05) is 6.54 Å². The number of nitrogens with zero attached hydrogens (tertiary/aromatic N) is 2. The van der Waals surface area contributed by atoms with Crippen LogP contribution < -0.4 is 5.32 Å². The molecule has 7 heteroatoms. The summed E-state index contributed by atoms with van der Waals surface area (Å²) in [5, 5.41) is 30.5. The third kappa shape index (κ3) is 4.28. The number of pyridine rings is 1. The Hall–Kier alpha value is -2.04. The predicted molar refractivity (Wildman–Crippen MR) is 63.2 cm³/mol. The number of carbonyl (C=O) groups is 1. The van der Waals surface area contributed by atoms with Gasteiger partial charge in [-0.2, -0.15) is 5.26 Å². The zero-order chi connectivity index (χ0) is 14.4. The third-order valence-corrected chi connectivity index (χ3v) is 2.49. The molecule has 0 aromatic carbocycles. The summed E-state index contributed by atoms with van der Waals surface area (Å²) in [7, 11) is 0. The van der Waals surface area contributed by atoms with Gasteiger partial charge in [-0.25, -0.2) is 9.37 Å². The minimum absolute atomic E-state index is 0.0758. The molecule has 0 aliphatic heterocycles. The number of rotatable bonds is 5. The van der Waals surface area contributed by atoms with Gasteiger partial charge in [0.1, 0.15) is 12.2 Å². The van der Waals surface area contributed by atoms with E-state index in [4.69, 9.17) is 5.26 Å². The Kier molecular flexibility index (Phi) is 5.36. The van der Waals surface area contributed by atoms with Crippen molar-refractivity contribution in [3.63, 3.8) is 0 Å². The van der Waals surface area contributed by atoms with Crippen molar-refractivity contribution in [3.05, 3.63) is 29.3 Å². The first-order valence-electron chi connectivity index (χ1n) is 5.61. The number of hydrogen-bond donors (Lipinski definition) is 3. The summed E-state index contributed by atoms with van der Waals surface area (Å²) in [5.74, 6) is -1.10. The zero-order valence-corrected chi connectivity index (χ0v) is 10.3. The first kappa shape index (κ1) is 15.0. The van der Waals surface area contributed by atoms with Crippen LogP contribution in [0.3, 0.4) is 0 Å². The van der Waals surface area contributed by atoms with Gasteiger partial charge in [-0.1, -0.05) is 0 Å². The van der Waals surface area contributed by atoms with Crippen molar-refractivity contribution in [3.8, 4) is 6.07 Å². The molecule has 19 heavy (non-hydrogen) atoms. The van der Waals surface area contributed by atoms with Crippen LogP contribution in [0.25, 0.3) is 0 Å². The Morgan fingerprint density at radius 2 is 2.32 bits per heavy atom. The van der Waals surface area contributed by atoms with Crippen molar-refractivity contribution in [2.45, 2.75) is 25.6 Å². The molecule has 6 nitrogen and oxygen atoms in total. The molecule has 0 saturated carbocycles. The lowest BCUT2D eigenvalue weighted by Gasteiger charge is -2.18. The second-order valence-electron chi connectivity index (χ2n) is 3.99. The van der Waals surface area contributed by atoms with E-state index in [2.05, 4.69) is 10.3 Å². The summed E-state index contributed by atoms with van der Waals surface area (Å²) in [5.41, 5.74) is -0.296. The van der Waals surface area contributed by atoms with Crippen LogP contribution in [0.2, 0.25) is 0 Å². The average molecular weight is 267 g/mol. The van der Waals surface area contributed by atoms with E-state index < -0.39 is 18.0 Å². The molecule has 0 spiro atoms. The van der Waals surface area contributed by atoms with E-state index in [-0.39, 0.29) is 30.1 Å². The Morgan fingerprint density at radius 3 is 2.84 bits per heavy atom. The summed E-state index contributed by atoms with van der Waals surface area (Å²) < 4.78 is 13.3. The normalized spacial score (nSPS) is 13.4. The molecule has 2 atom stereocenters. The number of nitrogens with one attached hydrogen (secondary N) is 1. The molecule has 0 radical (unpaired) electrons. The van der Waals surface area contributed by atoms with Crippen molar-refractivity contribution in [2.24, 2.45) is 0 Å². The lowest BCUT2D eigenvalue weighted by molar-refractivity contribution is -0.119. The van der Waals surface area contributed by atoms with E-state index >= 15 is 0 Å². The molecule has 1 amide bonds. The highest BCUT2D eigenvalue weighted by molar-refractivity contribution is 5.72. The van der Waals surface area contributed by atoms with E-state index in [1.165, 1.54) is 6.92 Å². The maximum atomic E-state index is 13.3. The monoisotopic (exact) mass is 267 g/mol. The highest BCUT2D eigenvalue weighted by Gasteiger charge is 2.20. The molecule has 3 N–H and O–H groups in total. The van der Waals surface area contributed by atoms with E-state index in [1.54, 1.807) is 6.07 Å². The minimum atomic E-state index is -1.33. The summed E-state index contributed by atoms with van der Waals surface area (Å²) in [6.07, 6.45) is -1.25. The molecule has 1 heterocycles. The predicted octanol–water partition coefficient (Wildman–Crippen LogP) is 0.0129. The molecule has 102 valence electrons. The van der Waals surface area contributed by atoms with Crippen LogP contribution in [0.1, 0.15) is 30.7 Å². The molecule has 0 saturated heterocycles. The molecular formula is C12H14FN3O3. The standard InChI is InChI=1S/C12H14FN3O3/c1-7(17)15-3-2-11(18)12(19)8-4-9(13)10(5-14)16-6-8/h4,6,11-12,18-19H,2-3H2,1H3,(H,15,17). The first-order chi connectivity index (χ1) is 8.95. The van der Waals surface area contributed by atoms with Crippen molar-refractivity contribution in [1.29, 1.82) is 5.26 Å². The second kappa shape index (κ2) is 6.78. The number of aliphatic hydroxyl groups excluding tert-OH is 2. The van der Waals surface area contributed by atoms with Gasteiger partial charge in [-0.05, 0) is 12.5 Å². The van der Waals surface area contributed by atoms with Crippen LogP contribution in [0.15, 0.2) is 12.3 Å². The third-order valence-electron chi connectivity index (χ3n) is 2.49. The molecular weight excluding hydrogens is 253 g/mol. The molecule has 1 rings (SSSR count). The molecule has 0 bridgehead atoms. The molecule has 1 aromatic heterocycles. The van der Waals surface area contributed by atoms with Gasteiger partial charge >= 0.3 is 0 Å². The van der Waals surface area contributed by atoms with Crippen LogP contribution in [0.4, 0.5) is 4.39 Å². The summed E-state index contributed by atoms with van der Waals surface area (Å²) >= 11 is 0. The van der Waals surface area contributed by atoms with E-state index in [0.29, 0.717) is 0 Å². The number of halogens is 1. The molecule has 0 aliphatic carbocycles. The second-order valence-corrected chi connectivity index (χ2v) is 3.99. The van der Waals surface area contributed by atoms with Crippen LogP contribution in [0.5, 0.6) is 0 Å². The maximum Gasteiger partial charge on any atom is 0.216 e. The number of amides is 1. The van der Waals surface area contributed by atoms with Crippen LogP contribution >= 0.6 is 0 Å². The topological polar surface area (TPSA) is 106 Å². The Balaban J connectivity index is 2.66. The molecule has 0 aliphatic rings. The van der Waals surface area contributed by atoms with E-state index in [1.807, 2.05) is 0 Å². The Bertz CT molecular complexity index is 501. The van der Waals surface area contributed by atoms with E-state index in [0.717, 1.165) is 12.3 Å². The van der Waals surface area contributed by atoms with Crippen molar-refractivity contribution >= 4 is 5.91 Å². The Labute approximate surface area is 109 Å². The lowest BCUT2D eigenvalue weighted by Crippen LogP contribution is -2.27. The maximum absolute atomic E-state index is 13.3. The Morgan fingerprint density at radius 1 is 1.63 bits per heavy atom. The average Bonchev–Trinajstić information content (AvgIpc) is 2.37. The fourth-order valence-electron chi connectivity index (χ4n) is 1.47. The van der Waals surface area contributed by atoms with Gasteiger partial charge in [0.05, 0.1) is 6.10 Å². The van der Waals surface area contributed by atoms with Gasteiger partial charge in [0.15, 0.2) is 11.5 Å². The van der Waals surface area contributed by atoms with Crippen LogP contribution in [0, 0.1) is 17.1 Å². The number of hydrogen-bond acceptors (Lipinski definition) is 5. The number of aromatic nitrogens is 1. The van der Waals surface area contributed by atoms with Crippen molar-refractivity contribution < 1.29 is 19.4 Å². The van der Waals surface area contributed by atoms with Gasteiger partial charge in [0.2, 0.25) is 5.91 Å². The van der Waals surface area contributed by atoms with Crippen LogP contribution in [-0.4, -0.2) is 33.8 Å². The largest absolute Gasteiger partial charge is 0.390 e. The van der Waals surface area contributed by atoms with Gasteiger partial charge in [0, 0.05) is 25.2 Å². The van der Waals surface area contributed by atoms with Crippen LogP contribution in [-0.2, 0) is 4.79 Å². The summed E-state index contributed by atoms with van der Waals surface area (Å²) in [6.45, 7) is 1.53. The SMILES string of the molecule is CC(=O)NCCC(O)C(O)c1cnc(C#N)c(F)c1. The van der Waals surface area contributed by atoms with E-state index in [9.17, 15) is 19.4 Å². The highest BCUT2D eigenvalue weighted by Crippen LogP contribution is 2.19. The zero-order valence-electron chi connectivity index (χ0n) is 10.3. The lowest BCUT2D eigenvalue weighted by atomic mass is 10.0. The number of aliphatic hydroxyl groups is 2. The van der Waals surface area contributed by atoms with Gasteiger partial charge in [-0.15, -0.1) is 0 Å². The molecule has 1 aromatic rings. The first-order valence-corrected chi connectivity index (χ1v) is 5.61. The van der Waals surface area contributed by atoms with Crippen molar-refractivity contribution in [1.82, 2.24) is 10.3 Å². The number of nitriles is 1. The van der Waals surface area contributed by atoms with Gasteiger partial charge in [-0.3, -0.25) is 4.79 Å². The molecule has 0 fully saturated rings. The smallest absolute Gasteiger partial charge is 0.216 e. The summed E-state index contributed by atoms with van der Waals surface area (Å²) in [4.78, 5) is 14.2. The quantitative estimate of drug-likeness (QED) is 0.697. The van der Waals surface area contributed by atoms with Gasteiger partial charge in [0.25, 0.3) is 0 Å². The fourth-order valence-corrected chi connectivity index (χ4v) is 1.47. The minimum Gasteiger partial charge on any atom is -0.390 e. The summed E-state index contributed by atoms with van der Waals surface area (Å²) in [6, 6.07) is 2.52.